The molecule has 0 aromatic heterocycles. The number of hydrogen-bond donors (Lipinski definition) is 0. The smallest absolute Gasteiger partial charge is 0.243 e. The molecule has 3 rings (SSSR count). The van der Waals surface area contributed by atoms with E-state index in [0.717, 1.165) is 19.3 Å². The van der Waals surface area contributed by atoms with Crippen LogP contribution in [0.3, 0.4) is 0 Å². The van der Waals surface area contributed by atoms with E-state index in [1.54, 1.807) is 25.2 Å². The molecule has 19 heavy (non-hydrogen) atoms. The molecule has 0 amide bonds. The average molecular weight is 283 g/mol. The molecule has 0 saturated heterocycles. The number of ether oxygens (including phenoxy) is 2. The Bertz CT molecular complexity index is 580. The van der Waals surface area contributed by atoms with Crippen LogP contribution in [-0.2, 0) is 10.0 Å². The van der Waals surface area contributed by atoms with Gasteiger partial charge in [-0.1, -0.05) is 0 Å². The summed E-state index contributed by atoms with van der Waals surface area (Å²) in [5.74, 6) is 1.13. The van der Waals surface area contributed by atoms with E-state index in [4.69, 9.17) is 9.47 Å². The monoisotopic (exact) mass is 283 g/mol. The first-order chi connectivity index (χ1) is 9.09. The maximum Gasteiger partial charge on any atom is 0.243 e. The van der Waals surface area contributed by atoms with Crippen molar-refractivity contribution in [3.8, 4) is 11.5 Å². The van der Waals surface area contributed by atoms with Crippen molar-refractivity contribution in [3.05, 3.63) is 18.2 Å². The number of nitrogens with zero attached hydrogens (tertiary/aromatic N) is 1. The maximum atomic E-state index is 12.4. The van der Waals surface area contributed by atoms with Crippen molar-refractivity contribution in [1.29, 1.82) is 0 Å². The van der Waals surface area contributed by atoms with E-state index in [2.05, 4.69) is 0 Å². The Morgan fingerprint density at radius 1 is 1.16 bits per heavy atom. The van der Waals surface area contributed by atoms with Crippen molar-refractivity contribution in [1.82, 2.24) is 4.31 Å². The third kappa shape index (κ3) is 2.42. The fraction of sp³-hybridized carbons (Fsp3) is 0.538. The third-order valence-corrected chi connectivity index (χ3v) is 5.36. The molecule has 0 bridgehead atoms. The van der Waals surface area contributed by atoms with Gasteiger partial charge in [0.25, 0.3) is 0 Å². The van der Waals surface area contributed by atoms with Crippen LogP contribution >= 0.6 is 0 Å². The fourth-order valence-corrected chi connectivity index (χ4v) is 3.54. The van der Waals surface area contributed by atoms with Crippen LogP contribution in [0, 0.1) is 0 Å². The van der Waals surface area contributed by atoms with Gasteiger partial charge < -0.3 is 9.47 Å². The molecule has 6 heteroatoms. The van der Waals surface area contributed by atoms with Gasteiger partial charge in [-0.2, -0.15) is 4.31 Å². The van der Waals surface area contributed by atoms with Crippen LogP contribution in [0.2, 0.25) is 0 Å². The van der Waals surface area contributed by atoms with E-state index >= 15 is 0 Å². The molecule has 104 valence electrons. The molecule has 0 atom stereocenters. The van der Waals surface area contributed by atoms with Crippen LogP contribution in [0.25, 0.3) is 0 Å². The minimum Gasteiger partial charge on any atom is -0.490 e. The molecule has 1 heterocycles. The van der Waals surface area contributed by atoms with Crippen LogP contribution in [-0.4, -0.2) is 39.0 Å². The predicted molar refractivity (Wildman–Crippen MR) is 70.0 cm³/mol. The Hall–Kier alpha value is -1.27. The average Bonchev–Trinajstić information content (AvgIpc) is 3.23. The molecule has 0 N–H and O–H groups in total. The van der Waals surface area contributed by atoms with Gasteiger partial charge in [0.15, 0.2) is 11.5 Å². The van der Waals surface area contributed by atoms with Gasteiger partial charge in [0.2, 0.25) is 10.0 Å². The first-order valence-electron chi connectivity index (χ1n) is 6.47. The highest BCUT2D eigenvalue weighted by Crippen LogP contribution is 2.35. The van der Waals surface area contributed by atoms with E-state index < -0.39 is 10.0 Å². The highest BCUT2D eigenvalue weighted by atomic mass is 32.2. The third-order valence-electron chi connectivity index (χ3n) is 3.46. The summed E-state index contributed by atoms with van der Waals surface area (Å²) in [6, 6.07) is 4.98. The number of fused-ring (bicyclic) bond motifs is 1. The van der Waals surface area contributed by atoms with Crippen LogP contribution in [0.1, 0.15) is 19.3 Å². The van der Waals surface area contributed by atoms with E-state index in [9.17, 15) is 8.42 Å². The lowest BCUT2D eigenvalue weighted by Crippen LogP contribution is -2.28. The van der Waals surface area contributed by atoms with E-state index in [1.807, 2.05) is 0 Å². The summed E-state index contributed by atoms with van der Waals surface area (Å²) in [5, 5.41) is 0. The first-order valence-corrected chi connectivity index (χ1v) is 7.91. The van der Waals surface area contributed by atoms with Crippen LogP contribution in [0.15, 0.2) is 23.1 Å². The van der Waals surface area contributed by atoms with Crippen LogP contribution in [0.5, 0.6) is 11.5 Å². The lowest BCUT2D eigenvalue weighted by molar-refractivity contribution is 0.297. The second kappa shape index (κ2) is 4.68. The zero-order valence-corrected chi connectivity index (χ0v) is 11.6. The fourth-order valence-electron chi connectivity index (χ4n) is 2.10. The number of rotatable bonds is 3. The Morgan fingerprint density at radius 2 is 1.84 bits per heavy atom. The van der Waals surface area contributed by atoms with Gasteiger partial charge >= 0.3 is 0 Å². The van der Waals surface area contributed by atoms with Crippen molar-refractivity contribution < 1.29 is 17.9 Å². The summed E-state index contributed by atoms with van der Waals surface area (Å²) in [5.41, 5.74) is 0. The first kappa shape index (κ1) is 12.7. The van der Waals surface area contributed by atoms with Crippen molar-refractivity contribution in [2.75, 3.05) is 20.3 Å². The molecular formula is C13H17NO4S. The Balaban J connectivity index is 1.94. The lowest BCUT2D eigenvalue weighted by Gasteiger charge is -2.17. The zero-order chi connectivity index (χ0) is 13.5. The molecule has 0 radical (unpaired) electrons. The van der Waals surface area contributed by atoms with E-state index in [-0.39, 0.29) is 10.9 Å². The minimum absolute atomic E-state index is 0.154. The quantitative estimate of drug-likeness (QED) is 0.846. The van der Waals surface area contributed by atoms with E-state index in [1.165, 1.54) is 4.31 Å². The summed E-state index contributed by atoms with van der Waals surface area (Å²) in [4.78, 5) is 0.270. The normalized spacial score (nSPS) is 19.3. The molecule has 2 aliphatic rings. The van der Waals surface area contributed by atoms with Gasteiger partial charge in [-0.05, 0) is 25.0 Å². The second-order valence-electron chi connectivity index (χ2n) is 4.91. The SMILES string of the molecule is CN(C1CC1)S(=O)(=O)c1ccc2c(c1)OCCCO2. The standard InChI is InChI=1S/C13H17NO4S/c1-14(10-3-4-10)19(15,16)11-5-6-12-13(9-11)18-8-2-7-17-12/h5-6,9-10H,2-4,7-8H2,1H3. The molecule has 0 spiro atoms. The van der Waals surface area contributed by atoms with E-state index in [0.29, 0.717) is 24.7 Å². The minimum atomic E-state index is -3.42. The largest absolute Gasteiger partial charge is 0.490 e. The Labute approximate surface area is 113 Å². The van der Waals surface area contributed by atoms with Gasteiger partial charge in [-0.3, -0.25) is 0 Å². The lowest BCUT2D eigenvalue weighted by atomic mass is 10.3. The molecule has 1 aliphatic carbocycles. The van der Waals surface area contributed by atoms with Crippen molar-refractivity contribution >= 4 is 10.0 Å². The number of sulfonamides is 1. The molecule has 1 aromatic carbocycles. The molecule has 1 saturated carbocycles. The Morgan fingerprint density at radius 3 is 2.53 bits per heavy atom. The number of hydrogen-bond acceptors (Lipinski definition) is 4. The number of benzene rings is 1. The van der Waals surface area contributed by atoms with Crippen molar-refractivity contribution in [3.63, 3.8) is 0 Å². The van der Waals surface area contributed by atoms with Gasteiger partial charge in [0, 0.05) is 25.6 Å². The summed E-state index contributed by atoms with van der Waals surface area (Å²) in [6.07, 6.45) is 2.69. The Kier molecular flexibility index (Phi) is 3.14. The molecule has 1 aliphatic heterocycles. The van der Waals surface area contributed by atoms with Gasteiger partial charge in [-0.15, -0.1) is 0 Å². The maximum absolute atomic E-state index is 12.4. The summed E-state index contributed by atoms with van der Waals surface area (Å²) < 4.78 is 37.3. The van der Waals surface area contributed by atoms with Crippen LogP contribution in [0.4, 0.5) is 0 Å². The molecule has 0 unspecified atom stereocenters. The van der Waals surface area contributed by atoms with Crippen molar-refractivity contribution in [2.45, 2.75) is 30.2 Å². The van der Waals surface area contributed by atoms with Gasteiger partial charge in [0.1, 0.15) is 0 Å². The molecule has 1 fully saturated rings. The highest BCUT2D eigenvalue weighted by Gasteiger charge is 2.35. The topological polar surface area (TPSA) is 55.8 Å². The van der Waals surface area contributed by atoms with Crippen LogP contribution < -0.4 is 9.47 Å². The summed E-state index contributed by atoms with van der Waals surface area (Å²) in [7, 11) is -1.79. The summed E-state index contributed by atoms with van der Waals surface area (Å²) in [6.45, 7) is 1.15. The molecular weight excluding hydrogens is 266 g/mol. The van der Waals surface area contributed by atoms with Gasteiger partial charge in [-0.25, -0.2) is 8.42 Å². The highest BCUT2D eigenvalue weighted by molar-refractivity contribution is 7.89. The van der Waals surface area contributed by atoms with Gasteiger partial charge in [0.05, 0.1) is 18.1 Å². The molecule has 1 aromatic rings. The van der Waals surface area contributed by atoms with Crippen molar-refractivity contribution in [2.24, 2.45) is 0 Å². The zero-order valence-electron chi connectivity index (χ0n) is 10.8. The second-order valence-corrected chi connectivity index (χ2v) is 6.91. The predicted octanol–water partition coefficient (Wildman–Crippen LogP) is 1.63. The molecule has 5 nitrogen and oxygen atoms in total. The summed E-state index contributed by atoms with van der Waals surface area (Å²) >= 11 is 0.